The van der Waals surface area contributed by atoms with Crippen molar-refractivity contribution in [2.24, 2.45) is 0 Å². The van der Waals surface area contributed by atoms with Crippen LogP contribution in [0.1, 0.15) is 42.9 Å². The van der Waals surface area contributed by atoms with Crippen LogP contribution in [0, 0.1) is 0 Å². The Labute approximate surface area is 100 Å². The van der Waals surface area contributed by atoms with Gasteiger partial charge in [-0.1, -0.05) is 13.8 Å². The maximum Gasteiger partial charge on any atom is 0.359 e. The van der Waals surface area contributed by atoms with E-state index in [1.54, 1.807) is 17.8 Å². The number of nitrogens with one attached hydrogen (secondary N) is 1. The van der Waals surface area contributed by atoms with Gasteiger partial charge in [-0.15, -0.1) is 0 Å². The number of nitrogens with zero attached hydrogens (tertiary/aromatic N) is 1. The van der Waals surface area contributed by atoms with Crippen LogP contribution >= 0.6 is 11.8 Å². The van der Waals surface area contributed by atoms with Gasteiger partial charge in [0, 0.05) is 11.4 Å². The first kappa shape index (κ1) is 13.1. The average molecular weight is 242 g/mol. The van der Waals surface area contributed by atoms with E-state index in [9.17, 15) is 4.79 Å². The van der Waals surface area contributed by atoms with Crippen LogP contribution in [0.4, 0.5) is 0 Å². The lowest BCUT2D eigenvalue weighted by Crippen LogP contribution is -2.17. The summed E-state index contributed by atoms with van der Waals surface area (Å²) in [6.07, 6.45) is 1.90. The van der Waals surface area contributed by atoms with Crippen molar-refractivity contribution in [3.05, 3.63) is 17.5 Å². The zero-order valence-electron chi connectivity index (χ0n) is 10.1. The van der Waals surface area contributed by atoms with Gasteiger partial charge in [0.1, 0.15) is 6.10 Å². The third-order valence-electron chi connectivity index (χ3n) is 2.14. The molecule has 0 aliphatic carbocycles. The van der Waals surface area contributed by atoms with E-state index < -0.39 is 0 Å². The van der Waals surface area contributed by atoms with Crippen molar-refractivity contribution < 1.29 is 9.53 Å². The molecule has 0 aromatic carbocycles. The highest BCUT2D eigenvalue weighted by Gasteiger charge is 2.15. The summed E-state index contributed by atoms with van der Waals surface area (Å²) in [5.41, 5.74) is 1.31. The molecule has 0 radical (unpaired) electrons. The van der Waals surface area contributed by atoms with Gasteiger partial charge in [0.25, 0.3) is 0 Å². The highest BCUT2D eigenvalue weighted by molar-refractivity contribution is 7.98. The second-order valence-corrected chi connectivity index (χ2v) is 4.95. The standard InChI is InChI=1S/C11H18N2O2S/c1-7(2)9-5-10(13-12-9)11(14)15-8(3)6-16-4/h5,7-8H,6H2,1-4H3,(H,12,13)/t8-/m0/s1. The Morgan fingerprint density at radius 3 is 2.75 bits per heavy atom. The molecule has 0 spiro atoms. The van der Waals surface area contributed by atoms with Gasteiger partial charge in [-0.05, 0) is 25.2 Å². The lowest BCUT2D eigenvalue weighted by atomic mass is 10.1. The number of carbonyl (C=O) groups excluding carboxylic acids is 1. The second-order valence-electron chi connectivity index (χ2n) is 4.03. The molecule has 1 atom stereocenters. The van der Waals surface area contributed by atoms with Crippen molar-refractivity contribution in [1.82, 2.24) is 10.2 Å². The molecular weight excluding hydrogens is 224 g/mol. The van der Waals surface area contributed by atoms with E-state index >= 15 is 0 Å². The Hall–Kier alpha value is -0.970. The number of aromatic amines is 1. The van der Waals surface area contributed by atoms with Crippen molar-refractivity contribution >= 4 is 17.7 Å². The summed E-state index contributed by atoms with van der Waals surface area (Å²) in [5, 5.41) is 6.78. The van der Waals surface area contributed by atoms with Gasteiger partial charge in [-0.2, -0.15) is 16.9 Å². The molecule has 0 aliphatic heterocycles. The summed E-state index contributed by atoms with van der Waals surface area (Å²) in [5.74, 6) is 0.773. The highest BCUT2D eigenvalue weighted by Crippen LogP contribution is 2.13. The van der Waals surface area contributed by atoms with Crippen molar-refractivity contribution in [3.8, 4) is 0 Å². The van der Waals surface area contributed by atoms with E-state index in [1.165, 1.54) is 0 Å². The van der Waals surface area contributed by atoms with Gasteiger partial charge in [-0.3, -0.25) is 5.10 Å². The molecule has 0 fully saturated rings. The van der Waals surface area contributed by atoms with Crippen LogP contribution in [0.5, 0.6) is 0 Å². The number of rotatable bonds is 5. The van der Waals surface area contributed by atoms with Crippen LogP contribution in [0.25, 0.3) is 0 Å². The molecule has 1 heterocycles. The molecule has 16 heavy (non-hydrogen) atoms. The molecule has 1 aromatic rings. The van der Waals surface area contributed by atoms with Gasteiger partial charge in [-0.25, -0.2) is 4.79 Å². The fraction of sp³-hybridized carbons (Fsp3) is 0.636. The normalized spacial score (nSPS) is 12.8. The van der Waals surface area contributed by atoms with Gasteiger partial charge in [0.05, 0.1) is 0 Å². The Morgan fingerprint density at radius 2 is 2.25 bits per heavy atom. The molecule has 0 bridgehead atoms. The number of aromatic nitrogens is 2. The van der Waals surface area contributed by atoms with Crippen LogP contribution in [-0.2, 0) is 4.74 Å². The SMILES string of the molecule is CSC[C@H](C)OC(=O)c1cc(C(C)C)[nH]n1. The minimum absolute atomic E-state index is 0.0818. The maximum atomic E-state index is 11.7. The predicted molar refractivity (Wildman–Crippen MR) is 65.9 cm³/mol. The summed E-state index contributed by atoms with van der Waals surface area (Å²) >= 11 is 1.65. The molecular formula is C11H18N2O2S. The number of carbonyl (C=O) groups is 1. The second kappa shape index (κ2) is 5.94. The van der Waals surface area contributed by atoms with Gasteiger partial charge in [0.15, 0.2) is 5.69 Å². The first-order valence-electron chi connectivity index (χ1n) is 5.29. The first-order valence-corrected chi connectivity index (χ1v) is 6.69. The van der Waals surface area contributed by atoms with E-state index in [4.69, 9.17) is 4.74 Å². The molecule has 1 aromatic heterocycles. The van der Waals surface area contributed by atoms with Gasteiger partial charge in [0.2, 0.25) is 0 Å². The number of thioether (sulfide) groups is 1. The van der Waals surface area contributed by atoms with Gasteiger partial charge >= 0.3 is 5.97 Å². The highest BCUT2D eigenvalue weighted by atomic mass is 32.2. The molecule has 0 saturated carbocycles. The largest absolute Gasteiger partial charge is 0.457 e. The fourth-order valence-electron chi connectivity index (χ4n) is 1.25. The lowest BCUT2D eigenvalue weighted by molar-refractivity contribution is 0.0379. The molecule has 0 saturated heterocycles. The van der Waals surface area contributed by atoms with Crippen LogP contribution in [0.3, 0.4) is 0 Å². The number of esters is 1. The van der Waals surface area contributed by atoms with E-state index in [0.29, 0.717) is 11.6 Å². The Balaban J connectivity index is 2.59. The number of H-pyrrole nitrogens is 1. The van der Waals surface area contributed by atoms with E-state index in [1.807, 2.05) is 27.0 Å². The van der Waals surface area contributed by atoms with Crippen molar-refractivity contribution in [3.63, 3.8) is 0 Å². The van der Waals surface area contributed by atoms with Crippen molar-refractivity contribution in [2.45, 2.75) is 32.8 Å². The van der Waals surface area contributed by atoms with Crippen molar-refractivity contribution in [2.75, 3.05) is 12.0 Å². The molecule has 0 aliphatic rings. The Bertz CT molecular complexity index is 350. The molecule has 1 N–H and O–H groups in total. The maximum absolute atomic E-state index is 11.7. The predicted octanol–water partition coefficient (Wildman–Crippen LogP) is 2.44. The molecule has 0 amide bonds. The molecule has 5 heteroatoms. The summed E-state index contributed by atoms with van der Waals surface area (Å²) in [4.78, 5) is 11.7. The summed E-state index contributed by atoms with van der Waals surface area (Å²) in [7, 11) is 0. The van der Waals surface area contributed by atoms with E-state index in [0.717, 1.165) is 11.4 Å². The average Bonchev–Trinajstić information content (AvgIpc) is 2.66. The minimum Gasteiger partial charge on any atom is -0.457 e. The third kappa shape index (κ3) is 3.56. The smallest absolute Gasteiger partial charge is 0.359 e. The minimum atomic E-state index is -0.357. The number of ether oxygens (including phenoxy) is 1. The quantitative estimate of drug-likeness (QED) is 0.806. The topological polar surface area (TPSA) is 55.0 Å². The molecule has 4 nitrogen and oxygen atoms in total. The Kier molecular flexibility index (Phi) is 4.86. The monoisotopic (exact) mass is 242 g/mol. The fourth-order valence-corrected chi connectivity index (χ4v) is 1.79. The molecule has 0 unspecified atom stereocenters. The van der Waals surface area contributed by atoms with Crippen LogP contribution in [-0.4, -0.2) is 34.3 Å². The summed E-state index contributed by atoms with van der Waals surface area (Å²) < 4.78 is 5.23. The molecule has 1 rings (SSSR count). The number of hydrogen-bond acceptors (Lipinski definition) is 4. The third-order valence-corrected chi connectivity index (χ3v) is 2.94. The zero-order valence-corrected chi connectivity index (χ0v) is 10.9. The lowest BCUT2D eigenvalue weighted by Gasteiger charge is -2.09. The first-order chi connectivity index (χ1) is 7.54. The summed E-state index contributed by atoms with van der Waals surface area (Å²) in [6, 6.07) is 1.75. The van der Waals surface area contributed by atoms with Crippen molar-refractivity contribution in [1.29, 1.82) is 0 Å². The zero-order chi connectivity index (χ0) is 12.1. The Morgan fingerprint density at radius 1 is 1.56 bits per heavy atom. The summed E-state index contributed by atoms with van der Waals surface area (Å²) in [6.45, 7) is 5.96. The number of hydrogen-bond donors (Lipinski definition) is 1. The van der Waals surface area contributed by atoms with Gasteiger partial charge < -0.3 is 4.74 Å². The van der Waals surface area contributed by atoms with Crippen LogP contribution in [0.15, 0.2) is 6.07 Å². The van der Waals surface area contributed by atoms with E-state index in [-0.39, 0.29) is 12.1 Å². The van der Waals surface area contributed by atoms with Crippen LogP contribution in [0.2, 0.25) is 0 Å². The van der Waals surface area contributed by atoms with Crippen LogP contribution < -0.4 is 0 Å². The van der Waals surface area contributed by atoms with E-state index in [2.05, 4.69) is 10.2 Å². The molecule has 90 valence electrons.